The molecule has 0 aliphatic heterocycles. The number of unbranched alkanes of at least 4 members (excludes halogenated alkanes) is 1. The van der Waals surface area contributed by atoms with Crippen molar-refractivity contribution in [3.63, 3.8) is 0 Å². The molecular formula is C15H20O3. The number of carbonyl (C=O) groups excluding carboxylic acids is 2. The lowest BCUT2D eigenvalue weighted by molar-refractivity contribution is -0.154. The third kappa shape index (κ3) is 2.33. The van der Waals surface area contributed by atoms with Gasteiger partial charge < -0.3 is 4.74 Å². The van der Waals surface area contributed by atoms with E-state index in [1.165, 1.54) is 14.0 Å². The molecule has 98 valence electrons. The zero-order valence-electron chi connectivity index (χ0n) is 11.1. The van der Waals surface area contributed by atoms with Crippen LogP contribution in [0.3, 0.4) is 0 Å². The number of methoxy groups -OCH3 is 1. The van der Waals surface area contributed by atoms with Crippen LogP contribution in [0.5, 0.6) is 0 Å². The maximum atomic E-state index is 11.9. The Bertz CT molecular complexity index is 402. The molecule has 1 aliphatic carbocycles. The largest absolute Gasteiger partial charge is 0.468 e. The lowest BCUT2D eigenvalue weighted by Gasteiger charge is -2.25. The molecule has 0 aromatic rings. The Morgan fingerprint density at radius 1 is 1.61 bits per heavy atom. The second-order valence-electron chi connectivity index (χ2n) is 4.81. The molecular weight excluding hydrogens is 228 g/mol. The highest BCUT2D eigenvalue weighted by Gasteiger charge is 2.52. The van der Waals surface area contributed by atoms with Gasteiger partial charge in [-0.15, -0.1) is 12.3 Å². The van der Waals surface area contributed by atoms with E-state index >= 15 is 0 Å². The summed E-state index contributed by atoms with van der Waals surface area (Å²) in [5.41, 5.74) is -0.408. The Kier molecular flexibility index (Phi) is 4.72. The SMILES string of the molecule is C#CCCC[C@@H]1CC[C@@](C(C)=O)(C(=O)OC)C1=C. The van der Waals surface area contributed by atoms with E-state index in [9.17, 15) is 9.59 Å². The maximum Gasteiger partial charge on any atom is 0.323 e. The fourth-order valence-electron chi connectivity index (χ4n) is 2.80. The summed E-state index contributed by atoms with van der Waals surface area (Å²) in [5.74, 6) is 2.15. The van der Waals surface area contributed by atoms with Crippen LogP contribution in [0.25, 0.3) is 0 Å². The van der Waals surface area contributed by atoms with E-state index in [0.29, 0.717) is 12.0 Å². The Morgan fingerprint density at radius 2 is 2.28 bits per heavy atom. The summed E-state index contributed by atoms with van der Waals surface area (Å²) < 4.78 is 4.79. The quantitative estimate of drug-likeness (QED) is 0.247. The molecule has 2 atom stereocenters. The van der Waals surface area contributed by atoms with E-state index in [2.05, 4.69) is 12.5 Å². The average Bonchev–Trinajstić information content (AvgIpc) is 2.68. The van der Waals surface area contributed by atoms with Crippen molar-refractivity contribution in [1.29, 1.82) is 0 Å². The van der Waals surface area contributed by atoms with Gasteiger partial charge in [-0.05, 0) is 44.1 Å². The fourth-order valence-corrected chi connectivity index (χ4v) is 2.80. The predicted octanol–water partition coefficient (Wildman–Crippen LogP) is 2.50. The number of ketones is 1. The van der Waals surface area contributed by atoms with E-state index in [1.54, 1.807) is 0 Å². The molecule has 3 nitrogen and oxygen atoms in total. The third-order valence-corrected chi connectivity index (χ3v) is 3.92. The first-order valence-electron chi connectivity index (χ1n) is 6.23. The molecule has 0 amide bonds. The van der Waals surface area contributed by atoms with Crippen LogP contribution in [-0.4, -0.2) is 18.9 Å². The number of ether oxygens (including phenoxy) is 1. The van der Waals surface area contributed by atoms with Crippen molar-refractivity contribution >= 4 is 11.8 Å². The van der Waals surface area contributed by atoms with Gasteiger partial charge in [-0.2, -0.15) is 0 Å². The minimum absolute atomic E-state index is 0.168. The normalized spacial score (nSPS) is 26.7. The van der Waals surface area contributed by atoms with Gasteiger partial charge in [0.25, 0.3) is 0 Å². The molecule has 3 heteroatoms. The van der Waals surface area contributed by atoms with E-state index < -0.39 is 11.4 Å². The van der Waals surface area contributed by atoms with E-state index in [4.69, 9.17) is 11.2 Å². The third-order valence-electron chi connectivity index (χ3n) is 3.92. The summed E-state index contributed by atoms with van der Waals surface area (Å²) >= 11 is 0. The molecule has 0 bridgehead atoms. The number of esters is 1. The predicted molar refractivity (Wildman–Crippen MR) is 69.7 cm³/mol. The molecule has 0 unspecified atom stereocenters. The number of terminal acetylenes is 1. The van der Waals surface area contributed by atoms with Crippen molar-refractivity contribution in [2.45, 2.75) is 39.0 Å². The van der Waals surface area contributed by atoms with E-state index in [1.807, 2.05) is 0 Å². The van der Waals surface area contributed by atoms with Gasteiger partial charge in [-0.3, -0.25) is 9.59 Å². The first-order valence-corrected chi connectivity index (χ1v) is 6.23. The highest BCUT2D eigenvalue weighted by molar-refractivity contribution is 6.06. The number of Topliss-reactive ketones (excluding diaryl/α,β-unsaturated/α-hetero) is 1. The summed E-state index contributed by atoms with van der Waals surface area (Å²) in [4.78, 5) is 23.8. The summed E-state index contributed by atoms with van der Waals surface area (Å²) in [5, 5.41) is 0. The zero-order valence-corrected chi connectivity index (χ0v) is 11.1. The molecule has 0 saturated heterocycles. The Morgan fingerprint density at radius 3 is 2.78 bits per heavy atom. The molecule has 18 heavy (non-hydrogen) atoms. The standard InChI is InChI=1S/C15H20O3/c1-5-6-7-8-13-9-10-15(11(13)2,12(3)16)14(17)18-4/h1,13H,2,6-10H2,3-4H3/t13-,15-/m1/s1. The number of hydrogen-bond donors (Lipinski definition) is 0. The minimum Gasteiger partial charge on any atom is -0.468 e. The van der Waals surface area contributed by atoms with Crippen LogP contribution in [0.15, 0.2) is 12.2 Å². The summed E-state index contributed by atoms with van der Waals surface area (Å²) in [6.45, 7) is 5.42. The number of hydrogen-bond acceptors (Lipinski definition) is 3. The van der Waals surface area contributed by atoms with E-state index in [-0.39, 0.29) is 11.7 Å². The molecule has 1 saturated carbocycles. The topological polar surface area (TPSA) is 43.4 Å². The summed E-state index contributed by atoms with van der Waals surface area (Å²) in [7, 11) is 1.31. The van der Waals surface area contributed by atoms with Crippen molar-refractivity contribution in [1.82, 2.24) is 0 Å². The van der Waals surface area contributed by atoms with Crippen molar-refractivity contribution in [3.05, 3.63) is 12.2 Å². The molecule has 1 fully saturated rings. The Balaban J connectivity index is 2.85. The van der Waals surface area contributed by atoms with Gasteiger partial charge in [0.15, 0.2) is 5.78 Å². The highest BCUT2D eigenvalue weighted by Crippen LogP contribution is 2.49. The zero-order chi connectivity index (χ0) is 13.8. The molecule has 0 aromatic heterocycles. The highest BCUT2D eigenvalue weighted by atomic mass is 16.5. The lowest BCUT2D eigenvalue weighted by atomic mass is 9.77. The molecule has 0 aromatic carbocycles. The van der Waals surface area contributed by atoms with Crippen LogP contribution in [0, 0.1) is 23.7 Å². The van der Waals surface area contributed by atoms with Gasteiger partial charge in [0.1, 0.15) is 5.41 Å². The van der Waals surface area contributed by atoms with Gasteiger partial charge in [-0.25, -0.2) is 0 Å². The van der Waals surface area contributed by atoms with Gasteiger partial charge >= 0.3 is 5.97 Å². The van der Waals surface area contributed by atoms with Crippen LogP contribution in [-0.2, 0) is 14.3 Å². The van der Waals surface area contributed by atoms with Gasteiger partial charge in [0.05, 0.1) is 7.11 Å². The smallest absolute Gasteiger partial charge is 0.323 e. The van der Waals surface area contributed by atoms with Gasteiger partial charge in [0, 0.05) is 6.42 Å². The molecule has 0 N–H and O–H groups in total. The van der Waals surface area contributed by atoms with Crippen LogP contribution in [0.1, 0.15) is 39.0 Å². The van der Waals surface area contributed by atoms with Crippen LogP contribution < -0.4 is 0 Å². The fraction of sp³-hybridized carbons (Fsp3) is 0.600. The van der Waals surface area contributed by atoms with Crippen LogP contribution >= 0.6 is 0 Å². The van der Waals surface area contributed by atoms with Crippen molar-refractivity contribution in [2.24, 2.45) is 11.3 Å². The molecule has 0 heterocycles. The van der Waals surface area contributed by atoms with Crippen molar-refractivity contribution < 1.29 is 14.3 Å². The Labute approximate surface area is 109 Å². The van der Waals surface area contributed by atoms with Crippen molar-refractivity contribution in [2.75, 3.05) is 7.11 Å². The molecule has 0 radical (unpaired) electrons. The number of rotatable bonds is 5. The van der Waals surface area contributed by atoms with Gasteiger partial charge in [0.2, 0.25) is 0 Å². The molecule has 1 rings (SSSR count). The lowest BCUT2D eigenvalue weighted by Crippen LogP contribution is -2.38. The number of carbonyl (C=O) groups is 2. The maximum absolute atomic E-state index is 11.9. The van der Waals surface area contributed by atoms with Crippen LogP contribution in [0.2, 0.25) is 0 Å². The Hall–Kier alpha value is -1.56. The molecule has 1 aliphatic rings. The van der Waals surface area contributed by atoms with E-state index in [0.717, 1.165) is 25.7 Å². The average molecular weight is 248 g/mol. The summed E-state index contributed by atoms with van der Waals surface area (Å²) in [6, 6.07) is 0. The summed E-state index contributed by atoms with van der Waals surface area (Å²) in [6.07, 6.45) is 9.03. The molecule has 0 spiro atoms. The van der Waals surface area contributed by atoms with Crippen LogP contribution in [0.4, 0.5) is 0 Å². The second kappa shape index (κ2) is 5.86. The second-order valence-corrected chi connectivity index (χ2v) is 4.81. The van der Waals surface area contributed by atoms with Crippen molar-refractivity contribution in [3.8, 4) is 12.3 Å². The first-order chi connectivity index (χ1) is 8.50. The van der Waals surface area contributed by atoms with Gasteiger partial charge in [-0.1, -0.05) is 6.58 Å². The monoisotopic (exact) mass is 248 g/mol. The minimum atomic E-state index is -1.12. The first kappa shape index (κ1) is 14.5.